The summed E-state index contributed by atoms with van der Waals surface area (Å²) >= 11 is 0. The highest BCUT2D eigenvalue weighted by molar-refractivity contribution is 5.76. The Morgan fingerprint density at radius 2 is 0.672 bits per heavy atom. The Morgan fingerprint density at radius 1 is 0.397 bits per heavy atom. The molecule has 4 nitrogen and oxygen atoms in total. The topological polar surface area (TPSA) is 69.6 Å². The SMILES string of the molecule is CCCCC/C=C/CC/C=C/C(O)C(CO)NC(=O)CCCCCCCCCCCCCCCCCCCCCCCCCCCCCCCCCCCCCCC. The minimum Gasteiger partial charge on any atom is -0.394 e. The van der Waals surface area contributed by atoms with Gasteiger partial charge in [0.1, 0.15) is 0 Å². The lowest BCUT2D eigenvalue weighted by Gasteiger charge is -2.19. The van der Waals surface area contributed by atoms with Gasteiger partial charge in [-0.25, -0.2) is 0 Å². The van der Waals surface area contributed by atoms with E-state index >= 15 is 0 Å². The van der Waals surface area contributed by atoms with Gasteiger partial charge in [0.2, 0.25) is 5.91 Å². The predicted molar refractivity (Wildman–Crippen MR) is 258 cm³/mol. The van der Waals surface area contributed by atoms with Gasteiger partial charge in [-0.2, -0.15) is 0 Å². The average molecular weight is 816 g/mol. The summed E-state index contributed by atoms with van der Waals surface area (Å²) in [6.45, 7) is 4.27. The highest BCUT2D eigenvalue weighted by atomic mass is 16.3. The van der Waals surface area contributed by atoms with E-state index in [9.17, 15) is 15.0 Å². The molecule has 0 heterocycles. The Balaban J connectivity index is 3.32. The molecule has 0 fully saturated rings. The third kappa shape index (κ3) is 45.9. The normalized spacial score (nSPS) is 13.0. The maximum Gasteiger partial charge on any atom is 0.220 e. The molecule has 344 valence electrons. The molecule has 0 aromatic heterocycles. The largest absolute Gasteiger partial charge is 0.394 e. The van der Waals surface area contributed by atoms with Gasteiger partial charge in [0.25, 0.3) is 0 Å². The summed E-state index contributed by atoms with van der Waals surface area (Å²) in [6, 6.07) is -0.633. The van der Waals surface area contributed by atoms with Gasteiger partial charge in [-0.05, 0) is 32.1 Å². The zero-order valence-corrected chi connectivity index (χ0v) is 39.6. The third-order valence-corrected chi connectivity index (χ3v) is 12.4. The summed E-state index contributed by atoms with van der Waals surface area (Å²) in [4.78, 5) is 12.4. The van der Waals surface area contributed by atoms with Gasteiger partial charge in [-0.1, -0.05) is 282 Å². The van der Waals surface area contributed by atoms with Crippen molar-refractivity contribution in [2.75, 3.05) is 6.61 Å². The number of aliphatic hydroxyl groups excluding tert-OH is 2. The molecule has 0 radical (unpaired) electrons. The van der Waals surface area contributed by atoms with Crippen LogP contribution in [0.1, 0.15) is 296 Å². The number of carbonyl (C=O) groups excluding carboxylic acids is 1. The Kier molecular flexibility index (Phi) is 49.2. The lowest BCUT2D eigenvalue weighted by molar-refractivity contribution is -0.123. The average Bonchev–Trinajstić information content (AvgIpc) is 3.23. The van der Waals surface area contributed by atoms with Crippen molar-refractivity contribution in [1.29, 1.82) is 0 Å². The number of rotatable bonds is 49. The predicted octanol–water partition coefficient (Wildman–Crippen LogP) is 17.1. The smallest absolute Gasteiger partial charge is 0.220 e. The van der Waals surface area contributed by atoms with Gasteiger partial charge >= 0.3 is 0 Å². The zero-order valence-electron chi connectivity index (χ0n) is 39.6. The van der Waals surface area contributed by atoms with E-state index in [1.54, 1.807) is 6.08 Å². The molecule has 0 aliphatic carbocycles. The molecule has 0 aromatic carbocycles. The first kappa shape index (κ1) is 56.9. The quantitative estimate of drug-likeness (QED) is 0.0423. The van der Waals surface area contributed by atoms with Crippen LogP contribution in [0.5, 0.6) is 0 Å². The molecule has 0 bridgehead atoms. The Morgan fingerprint density at radius 3 is 1.00 bits per heavy atom. The van der Waals surface area contributed by atoms with Gasteiger partial charge in [-0.15, -0.1) is 0 Å². The zero-order chi connectivity index (χ0) is 42.1. The second kappa shape index (κ2) is 50.2. The Labute approximate surface area is 364 Å². The van der Waals surface area contributed by atoms with Crippen LogP contribution in [0.4, 0.5) is 0 Å². The molecule has 0 aromatic rings. The fraction of sp³-hybridized carbons (Fsp3) is 0.907. The molecule has 1 amide bonds. The molecule has 0 saturated carbocycles. The van der Waals surface area contributed by atoms with Crippen molar-refractivity contribution in [3.63, 3.8) is 0 Å². The van der Waals surface area contributed by atoms with Crippen LogP contribution in [0.2, 0.25) is 0 Å². The van der Waals surface area contributed by atoms with Gasteiger partial charge in [0.15, 0.2) is 0 Å². The van der Waals surface area contributed by atoms with Crippen molar-refractivity contribution < 1.29 is 15.0 Å². The summed E-state index contributed by atoms with van der Waals surface area (Å²) in [6.07, 6.45) is 66.5. The molecule has 0 aliphatic heterocycles. The van der Waals surface area contributed by atoms with Crippen LogP contribution in [-0.4, -0.2) is 34.9 Å². The van der Waals surface area contributed by atoms with Gasteiger partial charge < -0.3 is 15.5 Å². The first-order chi connectivity index (χ1) is 28.7. The highest BCUT2D eigenvalue weighted by Gasteiger charge is 2.18. The molecule has 58 heavy (non-hydrogen) atoms. The van der Waals surface area contributed by atoms with Crippen LogP contribution in [0.15, 0.2) is 24.3 Å². The lowest BCUT2D eigenvalue weighted by atomic mass is 10.0. The first-order valence-electron chi connectivity index (χ1n) is 26.6. The van der Waals surface area contributed by atoms with E-state index in [1.807, 2.05) is 6.08 Å². The van der Waals surface area contributed by atoms with Crippen LogP contribution in [0.3, 0.4) is 0 Å². The van der Waals surface area contributed by atoms with E-state index in [0.717, 1.165) is 32.1 Å². The molecule has 3 N–H and O–H groups in total. The molecule has 2 atom stereocenters. The van der Waals surface area contributed by atoms with Crippen molar-refractivity contribution in [3.05, 3.63) is 24.3 Å². The van der Waals surface area contributed by atoms with Gasteiger partial charge in [0.05, 0.1) is 18.8 Å². The number of hydrogen-bond acceptors (Lipinski definition) is 3. The van der Waals surface area contributed by atoms with Crippen LogP contribution in [0, 0.1) is 0 Å². The number of amides is 1. The number of aliphatic hydroxyl groups is 2. The number of unbranched alkanes of at least 4 members (excludes halogenated alkanes) is 40. The number of hydrogen-bond donors (Lipinski definition) is 3. The van der Waals surface area contributed by atoms with Gasteiger partial charge in [-0.3, -0.25) is 4.79 Å². The number of carbonyl (C=O) groups is 1. The maximum absolute atomic E-state index is 12.4. The molecular formula is C54H105NO3. The van der Waals surface area contributed by atoms with Crippen molar-refractivity contribution in [3.8, 4) is 0 Å². The molecule has 0 aliphatic rings. The highest BCUT2D eigenvalue weighted by Crippen LogP contribution is 2.18. The Bertz CT molecular complexity index is 840. The van der Waals surface area contributed by atoms with Crippen LogP contribution < -0.4 is 5.32 Å². The summed E-state index contributed by atoms with van der Waals surface area (Å²) in [7, 11) is 0. The fourth-order valence-electron chi connectivity index (χ4n) is 8.37. The van der Waals surface area contributed by atoms with Crippen LogP contribution in [0.25, 0.3) is 0 Å². The molecule has 2 unspecified atom stereocenters. The maximum atomic E-state index is 12.4. The minimum absolute atomic E-state index is 0.0715. The molecule has 0 spiro atoms. The lowest BCUT2D eigenvalue weighted by Crippen LogP contribution is -2.45. The third-order valence-electron chi connectivity index (χ3n) is 12.4. The molecule has 0 rings (SSSR count). The number of allylic oxidation sites excluding steroid dienone is 3. The van der Waals surface area contributed by atoms with Crippen molar-refractivity contribution >= 4 is 5.91 Å². The van der Waals surface area contributed by atoms with E-state index in [4.69, 9.17) is 0 Å². The summed E-state index contributed by atoms with van der Waals surface area (Å²) < 4.78 is 0. The van der Waals surface area contributed by atoms with Crippen LogP contribution >= 0.6 is 0 Å². The Hall–Kier alpha value is -1.13. The second-order valence-corrected chi connectivity index (χ2v) is 18.3. The molecule has 4 heteroatoms. The van der Waals surface area contributed by atoms with Crippen LogP contribution in [-0.2, 0) is 4.79 Å². The van der Waals surface area contributed by atoms with E-state index in [2.05, 4.69) is 31.3 Å². The number of nitrogens with one attached hydrogen (secondary N) is 1. The standard InChI is InChI=1S/C54H105NO3/c1-3-5-7-9-11-13-14-15-16-17-18-19-20-21-22-23-24-25-26-27-28-29-30-31-32-33-34-35-36-37-38-39-40-42-44-46-48-50-54(58)55-52(51-56)53(57)49-47-45-43-41-12-10-8-6-4-2/h12,41,47,49,52-53,56-57H,3-11,13-40,42-46,48,50-51H2,1-2H3,(H,55,58)/b41-12+,49-47+. The summed E-state index contributed by atoms with van der Waals surface area (Å²) in [5.41, 5.74) is 0. The summed E-state index contributed by atoms with van der Waals surface area (Å²) in [5, 5.41) is 22.9. The fourth-order valence-corrected chi connectivity index (χ4v) is 8.37. The molecule has 0 saturated heterocycles. The van der Waals surface area contributed by atoms with Gasteiger partial charge in [0, 0.05) is 6.42 Å². The minimum atomic E-state index is -0.856. The molecular weight excluding hydrogens is 711 g/mol. The van der Waals surface area contributed by atoms with E-state index in [-0.39, 0.29) is 12.5 Å². The van der Waals surface area contributed by atoms with E-state index in [1.165, 1.54) is 244 Å². The second-order valence-electron chi connectivity index (χ2n) is 18.3. The summed E-state index contributed by atoms with van der Waals surface area (Å²) in [5.74, 6) is -0.0715. The van der Waals surface area contributed by atoms with Crippen molar-refractivity contribution in [1.82, 2.24) is 5.32 Å². The van der Waals surface area contributed by atoms with E-state index in [0.29, 0.717) is 6.42 Å². The van der Waals surface area contributed by atoms with Crippen molar-refractivity contribution in [2.45, 2.75) is 309 Å². The first-order valence-corrected chi connectivity index (χ1v) is 26.6. The van der Waals surface area contributed by atoms with Crippen molar-refractivity contribution in [2.24, 2.45) is 0 Å². The van der Waals surface area contributed by atoms with E-state index < -0.39 is 12.1 Å². The monoisotopic (exact) mass is 816 g/mol.